The van der Waals surface area contributed by atoms with Crippen LogP contribution in [0.2, 0.25) is 0 Å². The van der Waals surface area contributed by atoms with Crippen molar-refractivity contribution in [2.75, 3.05) is 11.4 Å². The lowest BCUT2D eigenvalue weighted by Gasteiger charge is -2.23. The number of anilines is 1. The van der Waals surface area contributed by atoms with E-state index in [-0.39, 0.29) is 0 Å². The molecule has 3 rings (SSSR count). The van der Waals surface area contributed by atoms with E-state index in [9.17, 15) is 5.11 Å². The van der Waals surface area contributed by atoms with Gasteiger partial charge in [-0.3, -0.25) is 0 Å². The highest BCUT2D eigenvalue weighted by Crippen LogP contribution is 2.37. The lowest BCUT2D eigenvalue weighted by Crippen LogP contribution is -2.28. The molecule has 2 fully saturated rings. The molecule has 1 aromatic rings. The molecular weight excluding hydrogens is 212 g/mol. The topological polar surface area (TPSA) is 36.4 Å². The fraction of sp³-hybridized carbons (Fsp3) is 0.643. The summed E-state index contributed by atoms with van der Waals surface area (Å²) >= 11 is 0. The first-order valence-corrected chi connectivity index (χ1v) is 6.64. The molecule has 0 bridgehead atoms. The monoisotopic (exact) mass is 232 g/mol. The quantitative estimate of drug-likeness (QED) is 0.847. The molecule has 2 aliphatic carbocycles. The third-order valence-corrected chi connectivity index (χ3v) is 3.69. The Balaban J connectivity index is 1.75. The fourth-order valence-electron chi connectivity index (χ4n) is 2.21. The highest BCUT2D eigenvalue weighted by molar-refractivity contribution is 5.42. The van der Waals surface area contributed by atoms with Gasteiger partial charge in [-0.25, -0.2) is 4.98 Å². The summed E-state index contributed by atoms with van der Waals surface area (Å²) in [6.45, 7) is 2.95. The maximum absolute atomic E-state index is 9.48. The highest BCUT2D eigenvalue weighted by atomic mass is 16.3. The predicted molar refractivity (Wildman–Crippen MR) is 68.0 cm³/mol. The van der Waals surface area contributed by atoms with Crippen LogP contribution in [0.4, 0.5) is 5.82 Å². The number of aliphatic hydroxyl groups excluding tert-OH is 1. The Morgan fingerprint density at radius 1 is 1.35 bits per heavy atom. The average Bonchev–Trinajstić information content (AvgIpc) is 3.18. The van der Waals surface area contributed by atoms with E-state index in [1.807, 2.05) is 12.3 Å². The molecule has 0 unspecified atom stereocenters. The van der Waals surface area contributed by atoms with Gasteiger partial charge in [0, 0.05) is 18.8 Å². The van der Waals surface area contributed by atoms with Gasteiger partial charge in [-0.05, 0) is 50.2 Å². The summed E-state index contributed by atoms with van der Waals surface area (Å²) in [5.41, 5.74) is 0.899. The van der Waals surface area contributed by atoms with Crippen LogP contribution in [0.25, 0.3) is 0 Å². The summed E-state index contributed by atoms with van der Waals surface area (Å²) in [6.07, 6.45) is 6.78. The fourth-order valence-corrected chi connectivity index (χ4v) is 2.21. The van der Waals surface area contributed by atoms with Gasteiger partial charge in [0.15, 0.2) is 0 Å². The van der Waals surface area contributed by atoms with Gasteiger partial charge in [0.1, 0.15) is 5.82 Å². The van der Waals surface area contributed by atoms with Gasteiger partial charge in [-0.2, -0.15) is 0 Å². The molecular formula is C14H20N2O. The van der Waals surface area contributed by atoms with E-state index in [4.69, 9.17) is 0 Å². The molecule has 3 heteroatoms. The standard InChI is InChI=1S/C14H20N2O/c1-10(17)12-4-7-14(15-8-12)16(13-5-6-13)9-11-2-3-11/h4,7-8,10-11,13,17H,2-3,5-6,9H2,1H3/t10-/m0/s1. The van der Waals surface area contributed by atoms with Gasteiger partial charge in [-0.1, -0.05) is 6.07 Å². The molecule has 1 N–H and O–H groups in total. The molecule has 0 saturated heterocycles. The number of nitrogens with zero attached hydrogens (tertiary/aromatic N) is 2. The van der Waals surface area contributed by atoms with Crippen LogP contribution in [-0.4, -0.2) is 22.7 Å². The second-order valence-corrected chi connectivity index (χ2v) is 5.45. The van der Waals surface area contributed by atoms with Gasteiger partial charge < -0.3 is 10.0 Å². The van der Waals surface area contributed by atoms with Crippen LogP contribution in [-0.2, 0) is 0 Å². The first-order valence-electron chi connectivity index (χ1n) is 6.64. The molecule has 92 valence electrons. The Morgan fingerprint density at radius 2 is 2.12 bits per heavy atom. The molecule has 0 aromatic carbocycles. The minimum atomic E-state index is -0.422. The van der Waals surface area contributed by atoms with Crippen LogP contribution in [0.3, 0.4) is 0 Å². The third-order valence-electron chi connectivity index (χ3n) is 3.69. The summed E-state index contributed by atoms with van der Waals surface area (Å²) in [7, 11) is 0. The second kappa shape index (κ2) is 4.30. The van der Waals surface area contributed by atoms with Crippen molar-refractivity contribution in [3.8, 4) is 0 Å². The highest BCUT2D eigenvalue weighted by Gasteiger charge is 2.34. The molecule has 2 saturated carbocycles. The van der Waals surface area contributed by atoms with Crippen molar-refractivity contribution < 1.29 is 5.11 Å². The zero-order valence-electron chi connectivity index (χ0n) is 10.3. The Labute approximate surface area is 102 Å². The Morgan fingerprint density at radius 3 is 2.59 bits per heavy atom. The van der Waals surface area contributed by atoms with Crippen LogP contribution in [0.1, 0.15) is 44.3 Å². The number of hydrogen-bond donors (Lipinski definition) is 1. The number of hydrogen-bond acceptors (Lipinski definition) is 3. The predicted octanol–water partition coefficient (Wildman–Crippen LogP) is 2.51. The summed E-state index contributed by atoms with van der Waals surface area (Å²) in [4.78, 5) is 6.97. The van der Waals surface area contributed by atoms with Crippen molar-refractivity contribution in [2.45, 2.75) is 44.8 Å². The number of aromatic nitrogens is 1. The second-order valence-electron chi connectivity index (χ2n) is 5.45. The third kappa shape index (κ3) is 2.60. The maximum Gasteiger partial charge on any atom is 0.128 e. The minimum absolute atomic E-state index is 0.422. The van der Waals surface area contributed by atoms with Crippen molar-refractivity contribution in [3.05, 3.63) is 23.9 Å². The summed E-state index contributed by atoms with van der Waals surface area (Å²) in [6, 6.07) is 4.78. The van der Waals surface area contributed by atoms with Crippen molar-refractivity contribution >= 4 is 5.82 Å². The summed E-state index contributed by atoms with van der Waals surface area (Å²) in [5.74, 6) is 1.98. The smallest absolute Gasteiger partial charge is 0.128 e. The molecule has 0 aliphatic heterocycles. The van der Waals surface area contributed by atoms with Gasteiger partial charge in [0.2, 0.25) is 0 Å². The van der Waals surface area contributed by atoms with E-state index in [0.717, 1.165) is 23.3 Å². The van der Waals surface area contributed by atoms with E-state index in [0.29, 0.717) is 0 Å². The first kappa shape index (κ1) is 11.0. The van der Waals surface area contributed by atoms with Crippen molar-refractivity contribution in [1.29, 1.82) is 0 Å². The van der Waals surface area contributed by atoms with Crippen LogP contribution in [0.15, 0.2) is 18.3 Å². The average molecular weight is 232 g/mol. The van der Waals surface area contributed by atoms with Crippen LogP contribution in [0, 0.1) is 5.92 Å². The molecule has 3 nitrogen and oxygen atoms in total. The first-order chi connectivity index (χ1) is 8.24. The molecule has 0 spiro atoms. The van der Waals surface area contributed by atoms with E-state index >= 15 is 0 Å². The summed E-state index contributed by atoms with van der Waals surface area (Å²) in [5, 5.41) is 9.48. The van der Waals surface area contributed by atoms with E-state index in [2.05, 4.69) is 16.0 Å². The molecule has 0 radical (unpaired) electrons. The van der Waals surface area contributed by atoms with Crippen LogP contribution < -0.4 is 4.90 Å². The van der Waals surface area contributed by atoms with E-state index < -0.39 is 6.10 Å². The van der Waals surface area contributed by atoms with Crippen LogP contribution in [0.5, 0.6) is 0 Å². The van der Waals surface area contributed by atoms with Crippen LogP contribution >= 0.6 is 0 Å². The zero-order chi connectivity index (χ0) is 11.8. The normalized spacial score (nSPS) is 21.3. The van der Waals surface area contributed by atoms with Gasteiger partial charge >= 0.3 is 0 Å². The Kier molecular flexibility index (Phi) is 2.79. The van der Waals surface area contributed by atoms with Crippen molar-refractivity contribution in [2.24, 2.45) is 5.92 Å². The zero-order valence-corrected chi connectivity index (χ0v) is 10.3. The van der Waals surface area contributed by atoms with Crippen molar-refractivity contribution in [1.82, 2.24) is 4.98 Å². The molecule has 1 atom stereocenters. The molecule has 2 aliphatic rings. The number of pyridine rings is 1. The van der Waals surface area contributed by atoms with E-state index in [1.165, 1.54) is 32.2 Å². The molecule has 0 amide bonds. The lowest BCUT2D eigenvalue weighted by atomic mass is 10.2. The van der Waals surface area contributed by atoms with E-state index in [1.54, 1.807) is 6.92 Å². The molecule has 1 aromatic heterocycles. The Bertz CT molecular complexity index is 380. The van der Waals surface area contributed by atoms with Crippen molar-refractivity contribution in [3.63, 3.8) is 0 Å². The minimum Gasteiger partial charge on any atom is -0.389 e. The molecule has 1 heterocycles. The largest absolute Gasteiger partial charge is 0.389 e. The Hall–Kier alpha value is -1.09. The number of aliphatic hydroxyl groups is 1. The maximum atomic E-state index is 9.48. The van der Waals surface area contributed by atoms with Gasteiger partial charge in [-0.15, -0.1) is 0 Å². The number of rotatable bonds is 5. The SMILES string of the molecule is C[C@H](O)c1ccc(N(CC2CC2)C2CC2)nc1. The molecule has 17 heavy (non-hydrogen) atoms. The van der Waals surface area contributed by atoms with Gasteiger partial charge in [0.25, 0.3) is 0 Å². The van der Waals surface area contributed by atoms with Gasteiger partial charge in [0.05, 0.1) is 6.10 Å². The lowest BCUT2D eigenvalue weighted by molar-refractivity contribution is 0.199. The summed E-state index contributed by atoms with van der Waals surface area (Å²) < 4.78 is 0.